The third-order valence-corrected chi connectivity index (χ3v) is 7.74. The summed E-state index contributed by atoms with van der Waals surface area (Å²) in [6.07, 6.45) is 0.787. The maximum absolute atomic E-state index is 12.5. The molecule has 0 atom stereocenters. The fourth-order valence-electron chi connectivity index (χ4n) is 2.07. The molecule has 0 unspecified atom stereocenters. The van der Waals surface area contributed by atoms with Gasteiger partial charge in [-0.3, -0.25) is 0 Å². The molecule has 0 aliphatic carbocycles. The average Bonchev–Trinajstić information content (AvgIpc) is 2.76. The van der Waals surface area contributed by atoms with Gasteiger partial charge in [0, 0.05) is 13.1 Å². The minimum atomic E-state index is -3.53. The van der Waals surface area contributed by atoms with Gasteiger partial charge in [0.15, 0.2) is 0 Å². The first-order valence-corrected chi connectivity index (χ1v) is 9.93. The highest BCUT2D eigenvalue weighted by molar-refractivity contribution is 9.12. The third kappa shape index (κ3) is 4.26. The predicted octanol–water partition coefficient (Wildman–Crippen LogP) is 2.53. The summed E-state index contributed by atoms with van der Waals surface area (Å²) < 4.78 is 33.0. The lowest BCUT2D eigenvalue weighted by Crippen LogP contribution is -2.41. The molecule has 118 valence electrons. The summed E-state index contributed by atoms with van der Waals surface area (Å²) in [5.41, 5.74) is 0. The second-order valence-electron chi connectivity index (χ2n) is 4.50. The summed E-state index contributed by atoms with van der Waals surface area (Å²) in [4.78, 5) is 10.7. The number of thiophene rings is 1. The normalized spacial score (nSPS) is 18.0. The number of carboxylic acid groups (broad SMARTS) is 1. The minimum absolute atomic E-state index is 0.204. The number of rotatable bonds is 5. The molecule has 1 fully saturated rings. The van der Waals surface area contributed by atoms with Crippen molar-refractivity contribution in [2.24, 2.45) is 0 Å². The Bertz CT molecular complexity index is 623. The smallest absolute Gasteiger partial charge is 0.329 e. The van der Waals surface area contributed by atoms with Crippen LogP contribution in [0.3, 0.4) is 0 Å². The van der Waals surface area contributed by atoms with Crippen LogP contribution in [0.4, 0.5) is 0 Å². The minimum Gasteiger partial charge on any atom is -0.480 e. The first-order chi connectivity index (χ1) is 9.80. The molecule has 6 nitrogen and oxygen atoms in total. The van der Waals surface area contributed by atoms with Crippen molar-refractivity contribution in [3.05, 3.63) is 13.6 Å². The second-order valence-corrected chi connectivity index (χ2v) is 10.2. The number of aliphatic carboxylic acids is 1. The fourth-order valence-corrected chi connectivity index (χ4v) is 7.30. The van der Waals surface area contributed by atoms with Gasteiger partial charge >= 0.3 is 5.97 Å². The zero-order chi connectivity index (χ0) is 15.6. The largest absolute Gasteiger partial charge is 0.480 e. The fraction of sp³-hybridized carbons (Fsp3) is 0.545. The molecule has 0 saturated carbocycles. The maximum Gasteiger partial charge on any atom is 0.329 e. The molecule has 21 heavy (non-hydrogen) atoms. The molecule has 0 amide bonds. The van der Waals surface area contributed by atoms with E-state index in [1.165, 1.54) is 15.6 Å². The Kier molecular flexibility index (Phi) is 5.83. The van der Waals surface area contributed by atoms with Crippen LogP contribution in [-0.4, -0.2) is 49.6 Å². The molecule has 10 heteroatoms. The molecule has 0 aromatic carbocycles. The first-order valence-electron chi connectivity index (χ1n) is 6.09. The average molecular weight is 463 g/mol. The molecule has 0 spiro atoms. The number of hydrogen-bond donors (Lipinski definition) is 1. The van der Waals surface area contributed by atoms with Crippen molar-refractivity contribution in [3.8, 4) is 0 Å². The number of halogens is 2. The molecule has 0 radical (unpaired) electrons. The van der Waals surface area contributed by atoms with Crippen LogP contribution in [0.15, 0.2) is 18.5 Å². The van der Waals surface area contributed by atoms with Crippen molar-refractivity contribution < 1.29 is 23.1 Å². The standard InChI is InChI=1S/C11H13Br2NO5S2/c12-9-5-8(11(13)20-9)21(17,18)14-3-1-7(2-4-14)19-6-10(15)16/h5,7H,1-4,6H2,(H,15,16). The zero-order valence-corrected chi connectivity index (χ0v) is 15.6. The van der Waals surface area contributed by atoms with Crippen LogP contribution in [0.5, 0.6) is 0 Å². The van der Waals surface area contributed by atoms with Crippen molar-refractivity contribution in [1.29, 1.82) is 0 Å². The van der Waals surface area contributed by atoms with Crippen molar-refractivity contribution in [1.82, 2.24) is 4.31 Å². The number of carbonyl (C=O) groups is 1. The van der Waals surface area contributed by atoms with Gasteiger partial charge < -0.3 is 9.84 Å². The maximum atomic E-state index is 12.5. The van der Waals surface area contributed by atoms with Crippen LogP contribution in [0.2, 0.25) is 0 Å². The third-order valence-electron chi connectivity index (χ3n) is 3.09. The van der Waals surface area contributed by atoms with Crippen molar-refractivity contribution >= 4 is 59.2 Å². The van der Waals surface area contributed by atoms with Crippen LogP contribution in [-0.2, 0) is 19.6 Å². The van der Waals surface area contributed by atoms with Crippen LogP contribution >= 0.6 is 43.2 Å². The molecule has 1 aliphatic heterocycles. The Morgan fingerprint density at radius 2 is 2.05 bits per heavy atom. The molecule has 1 aromatic rings. The van der Waals surface area contributed by atoms with E-state index in [9.17, 15) is 13.2 Å². The molecular weight excluding hydrogens is 450 g/mol. The van der Waals surface area contributed by atoms with E-state index in [0.717, 1.165) is 3.79 Å². The Morgan fingerprint density at radius 3 is 2.52 bits per heavy atom. The number of hydrogen-bond acceptors (Lipinski definition) is 5. The van der Waals surface area contributed by atoms with Gasteiger partial charge in [0.2, 0.25) is 10.0 Å². The van der Waals surface area contributed by atoms with Gasteiger partial charge in [-0.15, -0.1) is 11.3 Å². The van der Waals surface area contributed by atoms with Crippen LogP contribution < -0.4 is 0 Å². The number of ether oxygens (including phenoxy) is 1. The predicted molar refractivity (Wildman–Crippen MR) is 85.1 cm³/mol. The number of nitrogens with zero attached hydrogens (tertiary/aromatic N) is 1. The topological polar surface area (TPSA) is 83.9 Å². The summed E-state index contributed by atoms with van der Waals surface area (Å²) in [5, 5.41) is 8.57. The Balaban J connectivity index is 2.01. The van der Waals surface area contributed by atoms with E-state index in [2.05, 4.69) is 31.9 Å². The van der Waals surface area contributed by atoms with Gasteiger partial charge in [-0.25, -0.2) is 13.2 Å². The summed E-state index contributed by atoms with van der Waals surface area (Å²) in [6.45, 7) is 0.305. The molecule has 1 saturated heterocycles. The quantitative estimate of drug-likeness (QED) is 0.726. The van der Waals surface area contributed by atoms with Crippen LogP contribution in [0.1, 0.15) is 12.8 Å². The zero-order valence-electron chi connectivity index (χ0n) is 10.8. The first kappa shape index (κ1) is 17.4. The molecule has 0 bridgehead atoms. The van der Waals surface area contributed by atoms with E-state index in [1.807, 2.05) is 0 Å². The summed E-state index contributed by atoms with van der Waals surface area (Å²) in [5.74, 6) is -1.02. The molecular formula is C11H13Br2NO5S2. The van der Waals surface area contributed by atoms with Crippen molar-refractivity contribution in [2.75, 3.05) is 19.7 Å². The Morgan fingerprint density at radius 1 is 1.43 bits per heavy atom. The molecule has 1 aliphatic rings. The highest BCUT2D eigenvalue weighted by atomic mass is 79.9. The summed E-state index contributed by atoms with van der Waals surface area (Å²) >= 11 is 7.85. The lowest BCUT2D eigenvalue weighted by Gasteiger charge is -2.30. The highest BCUT2D eigenvalue weighted by Crippen LogP contribution is 2.36. The van der Waals surface area contributed by atoms with Gasteiger partial charge in [-0.2, -0.15) is 4.31 Å². The van der Waals surface area contributed by atoms with E-state index < -0.39 is 16.0 Å². The second kappa shape index (κ2) is 7.05. The highest BCUT2D eigenvalue weighted by Gasteiger charge is 2.32. The monoisotopic (exact) mass is 461 g/mol. The van der Waals surface area contributed by atoms with E-state index in [-0.39, 0.29) is 17.6 Å². The summed E-state index contributed by atoms with van der Waals surface area (Å²) in [6, 6.07) is 1.58. The van der Waals surface area contributed by atoms with Crippen molar-refractivity contribution in [3.63, 3.8) is 0 Å². The number of sulfonamides is 1. The van der Waals surface area contributed by atoms with E-state index in [1.54, 1.807) is 6.07 Å². The molecule has 2 rings (SSSR count). The molecule has 1 N–H and O–H groups in total. The Hall–Kier alpha value is -0.000000000000000333. The number of piperidine rings is 1. The lowest BCUT2D eigenvalue weighted by atomic mass is 10.1. The van der Waals surface area contributed by atoms with Crippen molar-refractivity contribution in [2.45, 2.75) is 23.8 Å². The van der Waals surface area contributed by atoms with Crippen LogP contribution in [0.25, 0.3) is 0 Å². The lowest BCUT2D eigenvalue weighted by molar-refractivity contribution is -0.145. The van der Waals surface area contributed by atoms with Gasteiger partial charge in [-0.1, -0.05) is 0 Å². The SMILES string of the molecule is O=C(O)COC1CCN(S(=O)(=O)c2cc(Br)sc2Br)CC1. The van der Waals surface area contributed by atoms with Crippen LogP contribution in [0, 0.1) is 0 Å². The van der Waals surface area contributed by atoms with Gasteiger partial charge in [-0.05, 0) is 50.8 Å². The summed E-state index contributed by atoms with van der Waals surface area (Å²) in [7, 11) is -3.53. The van der Waals surface area contributed by atoms with E-state index >= 15 is 0 Å². The number of carboxylic acids is 1. The molecule has 2 heterocycles. The van der Waals surface area contributed by atoms with Gasteiger partial charge in [0.05, 0.1) is 13.7 Å². The van der Waals surface area contributed by atoms with E-state index in [0.29, 0.717) is 29.7 Å². The van der Waals surface area contributed by atoms with E-state index in [4.69, 9.17) is 9.84 Å². The molecule has 1 aromatic heterocycles. The van der Waals surface area contributed by atoms with Gasteiger partial charge in [0.25, 0.3) is 0 Å². The Labute approximate surface area is 143 Å². The van der Waals surface area contributed by atoms with Gasteiger partial charge in [0.1, 0.15) is 11.5 Å².